The van der Waals surface area contributed by atoms with Crippen LogP contribution < -0.4 is 4.74 Å². The quantitative estimate of drug-likeness (QED) is 0.534. The number of hydrogen-bond acceptors (Lipinski definition) is 4. The van der Waals surface area contributed by atoms with E-state index in [0.717, 1.165) is 6.42 Å². The SMILES string of the molecule is C=C(COc1ccc(CCOC)cc1)C(=O)OCC. The normalized spacial score (nSPS) is 10.0. The van der Waals surface area contributed by atoms with Crippen LogP contribution in [-0.4, -0.2) is 32.9 Å². The Hall–Kier alpha value is -1.81. The number of hydrogen-bond donors (Lipinski definition) is 0. The Bertz CT molecular complexity index is 409. The highest BCUT2D eigenvalue weighted by atomic mass is 16.5. The second kappa shape index (κ2) is 8.32. The third-order valence-electron chi connectivity index (χ3n) is 2.50. The summed E-state index contributed by atoms with van der Waals surface area (Å²) in [6, 6.07) is 7.68. The molecule has 0 heterocycles. The van der Waals surface area contributed by atoms with Gasteiger partial charge in [0.1, 0.15) is 12.4 Å². The summed E-state index contributed by atoms with van der Waals surface area (Å²) in [6.45, 7) is 6.55. The fourth-order valence-electron chi connectivity index (χ4n) is 1.43. The Morgan fingerprint density at radius 2 is 1.95 bits per heavy atom. The first-order valence-electron chi connectivity index (χ1n) is 6.23. The van der Waals surface area contributed by atoms with Gasteiger partial charge in [-0.05, 0) is 31.0 Å². The first-order chi connectivity index (χ1) is 9.17. The van der Waals surface area contributed by atoms with Crippen molar-refractivity contribution in [3.05, 3.63) is 42.0 Å². The molecule has 1 aromatic carbocycles. The molecule has 0 fully saturated rings. The second-order valence-electron chi connectivity index (χ2n) is 4.00. The van der Waals surface area contributed by atoms with Gasteiger partial charge in [-0.15, -0.1) is 0 Å². The lowest BCUT2D eigenvalue weighted by molar-refractivity contribution is -0.138. The van der Waals surface area contributed by atoms with Crippen LogP contribution in [0.2, 0.25) is 0 Å². The predicted molar refractivity (Wildman–Crippen MR) is 73.3 cm³/mol. The molecule has 104 valence electrons. The minimum Gasteiger partial charge on any atom is -0.489 e. The number of rotatable bonds is 8. The van der Waals surface area contributed by atoms with Gasteiger partial charge in [0.2, 0.25) is 0 Å². The van der Waals surface area contributed by atoms with Crippen LogP contribution in [0.5, 0.6) is 5.75 Å². The van der Waals surface area contributed by atoms with E-state index in [-0.39, 0.29) is 6.61 Å². The molecule has 4 heteroatoms. The Balaban J connectivity index is 2.41. The molecule has 0 aliphatic carbocycles. The Kier molecular flexibility index (Phi) is 6.68. The topological polar surface area (TPSA) is 44.8 Å². The average Bonchev–Trinajstić information content (AvgIpc) is 2.43. The van der Waals surface area contributed by atoms with E-state index in [4.69, 9.17) is 14.2 Å². The Labute approximate surface area is 114 Å². The summed E-state index contributed by atoms with van der Waals surface area (Å²) in [6.07, 6.45) is 0.867. The summed E-state index contributed by atoms with van der Waals surface area (Å²) in [5, 5.41) is 0. The molecular weight excluding hydrogens is 244 g/mol. The van der Waals surface area contributed by atoms with E-state index in [0.29, 0.717) is 24.5 Å². The molecule has 0 saturated heterocycles. The monoisotopic (exact) mass is 264 g/mol. The minimum absolute atomic E-state index is 0.135. The molecular formula is C15H20O4. The third kappa shape index (κ3) is 5.57. The van der Waals surface area contributed by atoms with Gasteiger partial charge < -0.3 is 14.2 Å². The van der Waals surface area contributed by atoms with Gasteiger partial charge in [0, 0.05) is 7.11 Å². The van der Waals surface area contributed by atoms with Crippen LogP contribution in [0.3, 0.4) is 0 Å². The molecule has 0 amide bonds. The first kappa shape index (κ1) is 15.2. The first-order valence-corrected chi connectivity index (χ1v) is 6.23. The predicted octanol–water partition coefficient (Wildman–Crippen LogP) is 2.37. The fourth-order valence-corrected chi connectivity index (χ4v) is 1.43. The second-order valence-corrected chi connectivity index (χ2v) is 4.00. The van der Waals surface area contributed by atoms with Gasteiger partial charge >= 0.3 is 5.97 Å². The van der Waals surface area contributed by atoms with E-state index in [1.165, 1.54) is 5.56 Å². The molecule has 0 aromatic heterocycles. The van der Waals surface area contributed by atoms with Gasteiger partial charge in [-0.2, -0.15) is 0 Å². The summed E-state index contributed by atoms with van der Waals surface area (Å²) < 4.78 is 15.3. The molecule has 0 bridgehead atoms. The van der Waals surface area contributed by atoms with Crippen LogP contribution in [0.15, 0.2) is 36.4 Å². The van der Waals surface area contributed by atoms with E-state index in [9.17, 15) is 4.79 Å². The summed E-state index contributed by atoms with van der Waals surface area (Å²) in [5.74, 6) is 0.283. The summed E-state index contributed by atoms with van der Waals surface area (Å²) >= 11 is 0. The highest BCUT2D eigenvalue weighted by Gasteiger charge is 2.08. The van der Waals surface area contributed by atoms with Crippen molar-refractivity contribution in [1.29, 1.82) is 0 Å². The van der Waals surface area contributed by atoms with E-state index < -0.39 is 5.97 Å². The molecule has 1 rings (SSSR count). The average molecular weight is 264 g/mol. The van der Waals surface area contributed by atoms with E-state index in [1.54, 1.807) is 14.0 Å². The highest BCUT2D eigenvalue weighted by Crippen LogP contribution is 2.13. The van der Waals surface area contributed by atoms with Gasteiger partial charge in [-0.3, -0.25) is 0 Å². The van der Waals surface area contributed by atoms with E-state index in [1.807, 2.05) is 24.3 Å². The van der Waals surface area contributed by atoms with Gasteiger partial charge in [-0.25, -0.2) is 4.79 Å². The molecule has 19 heavy (non-hydrogen) atoms. The lowest BCUT2D eigenvalue weighted by Crippen LogP contribution is -2.13. The van der Waals surface area contributed by atoms with Crippen molar-refractivity contribution < 1.29 is 19.0 Å². The molecule has 0 radical (unpaired) electrons. The van der Waals surface area contributed by atoms with E-state index in [2.05, 4.69) is 6.58 Å². The Morgan fingerprint density at radius 3 is 2.53 bits per heavy atom. The molecule has 0 unspecified atom stereocenters. The molecule has 0 spiro atoms. The molecule has 0 N–H and O–H groups in total. The number of ether oxygens (including phenoxy) is 3. The van der Waals surface area contributed by atoms with Crippen LogP contribution in [0.1, 0.15) is 12.5 Å². The van der Waals surface area contributed by atoms with Gasteiger partial charge in [0.25, 0.3) is 0 Å². The van der Waals surface area contributed by atoms with Crippen molar-refractivity contribution >= 4 is 5.97 Å². The standard InChI is InChI=1S/C15H20O4/c1-4-18-15(16)12(2)11-19-14-7-5-13(6-8-14)9-10-17-3/h5-8H,2,4,9-11H2,1,3H3. The van der Waals surface area contributed by atoms with Gasteiger partial charge in [-0.1, -0.05) is 18.7 Å². The van der Waals surface area contributed by atoms with Crippen LogP contribution in [-0.2, 0) is 20.7 Å². The van der Waals surface area contributed by atoms with Crippen LogP contribution in [0.25, 0.3) is 0 Å². The number of carbonyl (C=O) groups excluding carboxylic acids is 1. The van der Waals surface area contributed by atoms with Crippen molar-refractivity contribution in [2.45, 2.75) is 13.3 Å². The lowest BCUT2D eigenvalue weighted by Gasteiger charge is -2.08. The maximum Gasteiger partial charge on any atom is 0.336 e. The van der Waals surface area contributed by atoms with Crippen LogP contribution in [0.4, 0.5) is 0 Å². The zero-order valence-electron chi connectivity index (χ0n) is 11.5. The molecule has 4 nitrogen and oxygen atoms in total. The summed E-state index contributed by atoms with van der Waals surface area (Å²) in [7, 11) is 1.68. The van der Waals surface area contributed by atoms with E-state index >= 15 is 0 Å². The molecule has 0 aliphatic rings. The zero-order chi connectivity index (χ0) is 14.1. The minimum atomic E-state index is -0.417. The number of methoxy groups -OCH3 is 1. The maximum atomic E-state index is 11.3. The number of benzene rings is 1. The highest BCUT2D eigenvalue weighted by molar-refractivity contribution is 5.88. The zero-order valence-corrected chi connectivity index (χ0v) is 11.5. The van der Waals surface area contributed by atoms with Crippen LogP contribution >= 0.6 is 0 Å². The largest absolute Gasteiger partial charge is 0.489 e. The van der Waals surface area contributed by atoms with Gasteiger partial charge in [0.15, 0.2) is 0 Å². The summed E-state index contributed by atoms with van der Waals surface area (Å²) in [4.78, 5) is 11.3. The smallest absolute Gasteiger partial charge is 0.336 e. The van der Waals surface area contributed by atoms with Crippen molar-refractivity contribution in [1.82, 2.24) is 0 Å². The number of esters is 1. The molecule has 0 aliphatic heterocycles. The van der Waals surface area contributed by atoms with Gasteiger partial charge in [0.05, 0.1) is 18.8 Å². The van der Waals surface area contributed by atoms with Crippen molar-refractivity contribution in [2.75, 3.05) is 26.9 Å². The lowest BCUT2D eigenvalue weighted by atomic mass is 10.1. The third-order valence-corrected chi connectivity index (χ3v) is 2.50. The van der Waals surface area contributed by atoms with Crippen molar-refractivity contribution in [3.8, 4) is 5.75 Å². The maximum absolute atomic E-state index is 11.3. The fraction of sp³-hybridized carbons (Fsp3) is 0.400. The van der Waals surface area contributed by atoms with Crippen LogP contribution in [0, 0.1) is 0 Å². The van der Waals surface area contributed by atoms with Crippen molar-refractivity contribution in [2.24, 2.45) is 0 Å². The molecule has 0 saturated carbocycles. The molecule has 0 atom stereocenters. The van der Waals surface area contributed by atoms with Crippen molar-refractivity contribution in [3.63, 3.8) is 0 Å². The Morgan fingerprint density at radius 1 is 1.26 bits per heavy atom. The number of carbonyl (C=O) groups is 1. The molecule has 1 aromatic rings. The summed E-state index contributed by atoms with van der Waals surface area (Å²) in [5.41, 5.74) is 1.49.